The summed E-state index contributed by atoms with van der Waals surface area (Å²) in [5.41, 5.74) is 6.41. The van der Waals surface area contributed by atoms with Gasteiger partial charge >= 0.3 is 5.97 Å². The summed E-state index contributed by atoms with van der Waals surface area (Å²) < 4.78 is 0. The Morgan fingerprint density at radius 1 is 1.69 bits per heavy atom. The summed E-state index contributed by atoms with van der Waals surface area (Å²) in [6, 6.07) is 1.85. The minimum Gasteiger partial charge on any atom is -0.481 e. The number of hydrogen-bond donors (Lipinski definition) is 3. The molecule has 0 saturated carbocycles. The first-order valence-corrected chi connectivity index (χ1v) is 4.82. The highest BCUT2D eigenvalue weighted by molar-refractivity contribution is 7.10. The van der Waals surface area contributed by atoms with Crippen molar-refractivity contribution in [3.8, 4) is 0 Å². The maximum absolute atomic E-state index is 10.2. The van der Waals surface area contributed by atoms with Gasteiger partial charge in [-0.3, -0.25) is 4.79 Å². The van der Waals surface area contributed by atoms with E-state index in [1.807, 2.05) is 11.4 Å². The minimum atomic E-state index is -0.786. The average molecular weight is 200 g/mol. The zero-order valence-corrected chi connectivity index (χ0v) is 7.93. The van der Waals surface area contributed by atoms with E-state index in [0.29, 0.717) is 13.1 Å². The van der Waals surface area contributed by atoms with Crippen molar-refractivity contribution >= 4 is 23.0 Å². The first-order chi connectivity index (χ1) is 6.20. The second-order valence-electron chi connectivity index (χ2n) is 2.62. The molecular weight excluding hydrogens is 188 g/mol. The van der Waals surface area contributed by atoms with Gasteiger partial charge in [-0.15, -0.1) is 11.3 Å². The van der Waals surface area contributed by atoms with Gasteiger partial charge in [-0.2, -0.15) is 0 Å². The van der Waals surface area contributed by atoms with E-state index in [-0.39, 0.29) is 6.42 Å². The van der Waals surface area contributed by atoms with Crippen molar-refractivity contribution in [2.24, 2.45) is 0 Å². The number of nitrogens with one attached hydrogen (secondary N) is 1. The zero-order chi connectivity index (χ0) is 9.68. The van der Waals surface area contributed by atoms with Crippen molar-refractivity contribution < 1.29 is 9.90 Å². The molecule has 0 spiro atoms. The summed E-state index contributed by atoms with van der Waals surface area (Å²) >= 11 is 1.57. The van der Waals surface area contributed by atoms with Gasteiger partial charge in [0, 0.05) is 23.7 Å². The van der Waals surface area contributed by atoms with E-state index in [2.05, 4.69) is 5.32 Å². The van der Waals surface area contributed by atoms with Crippen LogP contribution in [0.15, 0.2) is 11.4 Å². The van der Waals surface area contributed by atoms with E-state index in [1.165, 1.54) is 0 Å². The molecule has 0 unspecified atom stereocenters. The number of thiophene rings is 1. The van der Waals surface area contributed by atoms with Gasteiger partial charge in [0.15, 0.2) is 0 Å². The molecule has 0 atom stereocenters. The molecule has 0 amide bonds. The standard InChI is InChI=1S/C8H12N2O2S/c9-6-2-4-13-7(6)5-10-3-1-8(11)12/h2,4,10H,1,3,5,9H2,(H,11,12). The molecule has 0 radical (unpaired) electrons. The van der Waals surface area contributed by atoms with Crippen LogP contribution >= 0.6 is 11.3 Å². The lowest BCUT2D eigenvalue weighted by atomic mass is 10.4. The van der Waals surface area contributed by atoms with Crippen molar-refractivity contribution in [2.45, 2.75) is 13.0 Å². The highest BCUT2D eigenvalue weighted by Gasteiger charge is 2.00. The number of nitrogen functional groups attached to an aromatic ring is 1. The van der Waals surface area contributed by atoms with Crippen LogP contribution in [0.1, 0.15) is 11.3 Å². The zero-order valence-electron chi connectivity index (χ0n) is 7.12. The van der Waals surface area contributed by atoms with Crippen LogP contribution in [0.5, 0.6) is 0 Å². The van der Waals surface area contributed by atoms with Gasteiger partial charge in [0.25, 0.3) is 0 Å². The predicted octanol–water partition coefficient (Wildman–Crippen LogP) is 0.895. The fourth-order valence-corrected chi connectivity index (χ4v) is 1.66. The molecule has 1 rings (SSSR count). The third-order valence-corrected chi connectivity index (χ3v) is 2.52. The van der Waals surface area contributed by atoms with Crippen molar-refractivity contribution in [3.63, 3.8) is 0 Å². The summed E-state index contributed by atoms with van der Waals surface area (Å²) in [4.78, 5) is 11.2. The number of carbonyl (C=O) groups is 1. The topological polar surface area (TPSA) is 75.3 Å². The molecule has 1 aromatic heterocycles. The summed E-state index contributed by atoms with van der Waals surface area (Å²) in [7, 11) is 0. The summed E-state index contributed by atoms with van der Waals surface area (Å²) in [5, 5.41) is 13.3. The summed E-state index contributed by atoms with van der Waals surface area (Å²) in [6.45, 7) is 1.13. The highest BCUT2D eigenvalue weighted by Crippen LogP contribution is 2.17. The van der Waals surface area contributed by atoms with E-state index < -0.39 is 5.97 Å². The van der Waals surface area contributed by atoms with Crippen molar-refractivity contribution in [2.75, 3.05) is 12.3 Å². The lowest BCUT2D eigenvalue weighted by molar-refractivity contribution is -0.136. The van der Waals surface area contributed by atoms with Crippen LogP contribution in [0.25, 0.3) is 0 Å². The molecule has 72 valence electrons. The fraction of sp³-hybridized carbons (Fsp3) is 0.375. The minimum absolute atomic E-state index is 0.144. The molecule has 0 fully saturated rings. The third kappa shape index (κ3) is 3.43. The number of anilines is 1. The second-order valence-corrected chi connectivity index (χ2v) is 3.62. The lowest BCUT2D eigenvalue weighted by Crippen LogP contribution is -2.17. The van der Waals surface area contributed by atoms with Crippen molar-refractivity contribution in [3.05, 3.63) is 16.3 Å². The molecule has 0 saturated heterocycles. The van der Waals surface area contributed by atoms with Crippen LogP contribution in [0, 0.1) is 0 Å². The smallest absolute Gasteiger partial charge is 0.304 e. The second kappa shape index (κ2) is 4.84. The van der Waals surface area contributed by atoms with Gasteiger partial charge in [-0.1, -0.05) is 0 Å². The maximum atomic E-state index is 10.2. The molecule has 1 aromatic rings. The molecule has 0 aliphatic heterocycles. The largest absolute Gasteiger partial charge is 0.481 e. The number of hydrogen-bond acceptors (Lipinski definition) is 4. The molecule has 0 aromatic carbocycles. The van der Waals surface area contributed by atoms with Crippen LogP contribution < -0.4 is 11.1 Å². The Hall–Kier alpha value is -1.07. The molecule has 5 heteroatoms. The highest BCUT2D eigenvalue weighted by atomic mass is 32.1. The van der Waals surface area contributed by atoms with E-state index in [0.717, 1.165) is 10.6 Å². The van der Waals surface area contributed by atoms with Gasteiger partial charge < -0.3 is 16.2 Å². The molecule has 0 bridgehead atoms. The first kappa shape index (κ1) is 10.0. The molecule has 1 heterocycles. The Labute approximate surface area is 80.4 Å². The molecule has 13 heavy (non-hydrogen) atoms. The van der Waals surface area contributed by atoms with Gasteiger partial charge in [-0.25, -0.2) is 0 Å². The van der Waals surface area contributed by atoms with Gasteiger partial charge in [0.2, 0.25) is 0 Å². The Morgan fingerprint density at radius 3 is 3.00 bits per heavy atom. The van der Waals surface area contributed by atoms with Crippen LogP contribution in [0.4, 0.5) is 5.69 Å². The lowest BCUT2D eigenvalue weighted by Gasteiger charge is -2.01. The first-order valence-electron chi connectivity index (χ1n) is 3.94. The van der Waals surface area contributed by atoms with Crippen LogP contribution in [0.2, 0.25) is 0 Å². The number of carboxylic acids is 1. The van der Waals surface area contributed by atoms with Gasteiger partial charge in [0.1, 0.15) is 0 Å². The van der Waals surface area contributed by atoms with Gasteiger partial charge in [-0.05, 0) is 11.4 Å². The Bertz CT molecular complexity index is 285. The molecule has 4 N–H and O–H groups in total. The third-order valence-electron chi connectivity index (χ3n) is 1.58. The van der Waals surface area contributed by atoms with E-state index in [1.54, 1.807) is 11.3 Å². The van der Waals surface area contributed by atoms with E-state index >= 15 is 0 Å². The van der Waals surface area contributed by atoms with Gasteiger partial charge in [0.05, 0.1) is 6.42 Å². The number of carboxylic acid groups (broad SMARTS) is 1. The quantitative estimate of drug-likeness (QED) is 0.617. The SMILES string of the molecule is Nc1ccsc1CNCCC(=O)O. The van der Waals surface area contributed by atoms with E-state index in [4.69, 9.17) is 10.8 Å². The Morgan fingerprint density at radius 2 is 2.46 bits per heavy atom. The van der Waals surface area contributed by atoms with Crippen LogP contribution in [-0.2, 0) is 11.3 Å². The monoisotopic (exact) mass is 200 g/mol. The number of rotatable bonds is 5. The van der Waals surface area contributed by atoms with Crippen molar-refractivity contribution in [1.29, 1.82) is 0 Å². The Balaban J connectivity index is 2.20. The number of nitrogens with two attached hydrogens (primary N) is 1. The van der Waals surface area contributed by atoms with Crippen LogP contribution in [0.3, 0.4) is 0 Å². The summed E-state index contributed by atoms with van der Waals surface area (Å²) in [6.07, 6.45) is 0.144. The molecule has 0 aliphatic rings. The predicted molar refractivity (Wildman–Crippen MR) is 52.7 cm³/mol. The fourth-order valence-electron chi connectivity index (χ4n) is 0.891. The summed E-state index contributed by atoms with van der Waals surface area (Å²) in [5.74, 6) is -0.786. The Kier molecular flexibility index (Phi) is 3.72. The average Bonchev–Trinajstić information content (AvgIpc) is 2.45. The van der Waals surface area contributed by atoms with Crippen molar-refractivity contribution in [1.82, 2.24) is 5.32 Å². The van der Waals surface area contributed by atoms with E-state index in [9.17, 15) is 4.79 Å². The number of aliphatic carboxylic acids is 1. The molecular formula is C8H12N2O2S. The van der Waals surface area contributed by atoms with Crippen LogP contribution in [-0.4, -0.2) is 17.6 Å². The normalized spacial score (nSPS) is 10.2. The maximum Gasteiger partial charge on any atom is 0.304 e. The molecule has 4 nitrogen and oxygen atoms in total. The molecule has 0 aliphatic carbocycles.